The summed E-state index contributed by atoms with van der Waals surface area (Å²) in [5.74, 6) is 4.47. The SMILES string of the molecule is C#C[C@]1(OC(C)=O)CC[C@H]2[C@@H]3CCc4cc(OC(C)=O)ccc4[C@H]3CC[C@@]21C. The van der Waals surface area contributed by atoms with E-state index in [1.54, 1.807) is 0 Å². The van der Waals surface area contributed by atoms with Gasteiger partial charge in [0.1, 0.15) is 5.75 Å². The van der Waals surface area contributed by atoms with Crippen molar-refractivity contribution in [3.8, 4) is 18.1 Å². The van der Waals surface area contributed by atoms with Crippen LogP contribution in [0.25, 0.3) is 0 Å². The van der Waals surface area contributed by atoms with E-state index in [0.717, 1.165) is 38.5 Å². The van der Waals surface area contributed by atoms with E-state index in [-0.39, 0.29) is 17.4 Å². The van der Waals surface area contributed by atoms with Crippen molar-refractivity contribution in [1.82, 2.24) is 0 Å². The van der Waals surface area contributed by atoms with Crippen molar-refractivity contribution in [2.45, 2.75) is 70.8 Å². The molecule has 0 aromatic heterocycles. The van der Waals surface area contributed by atoms with Crippen LogP contribution in [0.3, 0.4) is 0 Å². The van der Waals surface area contributed by atoms with Gasteiger partial charge < -0.3 is 9.47 Å². The molecule has 0 spiro atoms. The Labute approximate surface area is 167 Å². The molecule has 28 heavy (non-hydrogen) atoms. The van der Waals surface area contributed by atoms with Crippen LogP contribution < -0.4 is 4.74 Å². The van der Waals surface area contributed by atoms with Crippen molar-refractivity contribution in [2.24, 2.45) is 17.3 Å². The van der Waals surface area contributed by atoms with Gasteiger partial charge in [-0.05, 0) is 79.5 Å². The fraction of sp³-hybridized carbons (Fsp3) is 0.583. The molecule has 3 aliphatic rings. The lowest BCUT2D eigenvalue weighted by atomic mass is 9.53. The second-order valence-corrected chi connectivity index (χ2v) is 8.93. The molecule has 0 N–H and O–H groups in total. The quantitative estimate of drug-likeness (QED) is 0.433. The van der Waals surface area contributed by atoms with Crippen LogP contribution in [0.4, 0.5) is 0 Å². The van der Waals surface area contributed by atoms with Crippen molar-refractivity contribution >= 4 is 11.9 Å². The summed E-state index contributed by atoms with van der Waals surface area (Å²) in [6, 6.07) is 6.08. The van der Waals surface area contributed by atoms with Crippen molar-refractivity contribution in [2.75, 3.05) is 0 Å². The predicted molar refractivity (Wildman–Crippen MR) is 106 cm³/mol. The Morgan fingerprint density at radius 3 is 2.61 bits per heavy atom. The summed E-state index contributed by atoms with van der Waals surface area (Å²) in [4.78, 5) is 23.0. The van der Waals surface area contributed by atoms with Gasteiger partial charge in [-0.2, -0.15) is 0 Å². The van der Waals surface area contributed by atoms with Crippen LogP contribution in [-0.4, -0.2) is 17.5 Å². The standard InChI is InChI=1S/C24H28O4/c1-5-24(28-16(3)26)13-11-22-21-8-6-17-14-18(27-15(2)25)7-9-19(17)20(21)10-12-23(22,24)4/h1,7,9,14,20-22H,6,8,10-13H2,2-4H3/t20-,21-,22+,23+,24+/m1/s1. The minimum atomic E-state index is -0.770. The zero-order chi connectivity index (χ0) is 20.1. The minimum absolute atomic E-state index is 0.163. The van der Waals surface area contributed by atoms with E-state index in [1.165, 1.54) is 25.0 Å². The van der Waals surface area contributed by atoms with Gasteiger partial charge in [-0.1, -0.05) is 18.9 Å². The zero-order valence-electron chi connectivity index (χ0n) is 16.9. The van der Waals surface area contributed by atoms with E-state index in [9.17, 15) is 9.59 Å². The Morgan fingerprint density at radius 1 is 1.14 bits per heavy atom. The zero-order valence-corrected chi connectivity index (χ0v) is 16.9. The molecule has 4 heteroatoms. The topological polar surface area (TPSA) is 52.6 Å². The fourth-order valence-electron chi connectivity index (χ4n) is 6.47. The maximum absolute atomic E-state index is 11.8. The summed E-state index contributed by atoms with van der Waals surface area (Å²) >= 11 is 0. The lowest BCUT2D eigenvalue weighted by molar-refractivity contribution is -0.165. The number of carbonyl (C=O) groups is 2. The van der Waals surface area contributed by atoms with Gasteiger partial charge in [-0.3, -0.25) is 9.59 Å². The molecule has 3 aliphatic carbocycles. The molecule has 0 heterocycles. The summed E-state index contributed by atoms with van der Waals surface area (Å²) in [6.07, 6.45) is 11.8. The predicted octanol–water partition coefficient (Wildman–Crippen LogP) is 4.40. The van der Waals surface area contributed by atoms with Gasteiger partial charge in [-0.15, -0.1) is 6.42 Å². The monoisotopic (exact) mass is 380 g/mol. The maximum atomic E-state index is 11.8. The summed E-state index contributed by atoms with van der Waals surface area (Å²) in [5, 5.41) is 0. The molecule has 2 fully saturated rings. The first-order valence-corrected chi connectivity index (χ1v) is 10.3. The van der Waals surface area contributed by atoms with Gasteiger partial charge in [-0.25, -0.2) is 0 Å². The first-order valence-electron chi connectivity index (χ1n) is 10.3. The van der Waals surface area contributed by atoms with Gasteiger partial charge in [0.25, 0.3) is 0 Å². The smallest absolute Gasteiger partial charge is 0.308 e. The number of aryl methyl sites for hydroxylation is 1. The van der Waals surface area contributed by atoms with Gasteiger partial charge in [0, 0.05) is 19.3 Å². The lowest BCUT2D eigenvalue weighted by Gasteiger charge is -2.52. The molecular weight excluding hydrogens is 352 g/mol. The number of hydrogen-bond donors (Lipinski definition) is 0. The molecule has 1 aromatic rings. The molecule has 4 nitrogen and oxygen atoms in total. The molecule has 2 saturated carbocycles. The van der Waals surface area contributed by atoms with Crippen LogP contribution in [0.15, 0.2) is 18.2 Å². The van der Waals surface area contributed by atoms with Gasteiger partial charge in [0.15, 0.2) is 5.60 Å². The largest absolute Gasteiger partial charge is 0.445 e. The molecule has 4 rings (SSSR count). The molecule has 0 saturated heterocycles. The highest BCUT2D eigenvalue weighted by atomic mass is 16.6. The van der Waals surface area contributed by atoms with Crippen molar-refractivity contribution in [1.29, 1.82) is 0 Å². The number of esters is 2. The lowest BCUT2D eigenvalue weighted by Crippen LogP contribution is -2.52. The summed E-state index contributed by atoms with van der Waals surface area (Å²) in [5.41, 5.74) is 1.75. The Bertz CT molecular complexity index is 866. The van der Waals surface area contributed by atoms with E-state index in [0.29, 0.717) is 23.5 Å². The van der Waals surface area contributed by atoms with Crippen LogP contribution in [0.1, 0.15) is 69.9 Å². The average Bonchev–Trinajstić information content (AvgIpc) is 2.93. The van der Waals surface area contributed by atoms with Crippen LogP contribution in [0.2, 0.25) is 0 Å². The number of carbonyl (C=O) groups excluding carboxylic acids is 2. The van der Waals surface area contributed by atoms with E-state index < -0.39 is 5.60 Å². The minimum Gasteiger partial charge on any atom is -0.445 e. The molecule has 0 aliphatic heterocycles. The van der Waals surface area contributed by atoms with E-state index in [2.05, 4.69) is 18.9 Å². The van der Waals surface area contributed by atoms with Gasteiger partial charge in [0.05, 0.1) is 0 Å². The number of benzene rings is 1. The second-order valence-electron chi connectivity index (χ2n) is 8.93. The number of rotatable bonds is 2. The van der Waals surface area contributed by atoms with Crippen molar-refractivity contribution < 1.29 is 19.1 Å². The molecule has 0 radical (unpaired) electrons. The molecule has 0 amide bonds. The highest BCUT2D eigenvalue weighted by molar-refractivity contribution is 5.69. The third-order valence-corrected chi connectivity index (χ3v) is 7.63. The van der Waals surface area contributed by atoms with Crippen molar-refractivity contribution in [3.63, 3.8) is 0 Å². The van der Waals surface area contributed by atoms with Crippen LogP contribution in [0, 0.1) is 29.6 Å². The average molecular weight is 380 g/mol. The van der Waals surface area contributed by atoms with Crippen LogP contribution in [-0.2, 0) is 20.7 Å². The number of ether oxygens (including phenoxy) is 2. The van der Waals surface area contributed by atoms with Crippen LogP contribution >= 0.6 is 0 Å². The summed E-state index contributed by atoms with van der Waals surface area (Å²) < 4.78 is 11.1. The van der Waals surface area contributed by atoms with Gasteiger partial charge in [0.2, 0.25) is 0 Å². The molecule has 0 bridgehead atoms. The Hall–Kier alpha value is -2.28. The first-order chi connectivity index (χ1) is 13.3. The highest BCUT2D eigenvalue weighted by Gasteiger charge is 2.63. The molecular formula is C24H28O4. The number of hydrogen-bond acceptors (Lipinski definition) is 4. The summed E-state index contributed by atoms with van der Waals surface area (Å²) in [7, 11) is 0. The molecule has 5 atom stereocenters. The Kier molecular flexibility index (Phi) is 4.53. The third kappa shape index (κ3) is 2.75. The van der Waals surface area contributed by atoms with E-state index in [1.807, 2.05) is 12.1 Å². The second kappa shape index (κ2) is 6.65. The Morgan fingerprint density at radius 2 is 1.93 bits per heavy atom. The molecule has 1 aromatic carbocycles. The molecule has 0 unspecified atom stereocenters. The summed E-state index contributed by atoms with van der Waals surface area (Å²) in [6.45, 7) is 5.13. The van der Waals surface area contributed by atoms with Crippen LogP contribution in [0.5, 0.6) is 5.75 Å². The third-order valence-electron chi connectivity index (χ3n) is 7.63. The highest BCUT2D eigenvalue weighted by Crippen LogP contribution is 2.65. The fourth-order valence-corrected chi connectivity index (χ4v) is 6.47. The number of terminal acetylenes is 1. The van der Waals surface area contributed by atoms with E-state index >= 15 is 0 Å². The number of fused-ring (bicyclic) bond motifs is 5. The van der Waals surface area contributed by atoms with Gasteiger partial charge >= 0.3 is 11.9 Å². The van der Waals surface area contributed by atoms with Crippen molar-refractivity contribution in [3.05, 3.63) is 29.3 Å². The van der Waals surface area contributed by atoms with E-state index in [4.69, 9.17) is 15.9 Å². The first kappa shape index (κ1) is 19.1. The molecule has 148 valence electrons. The normalized spacial score (nSPS) is 35.7. The maximum Gasteiger partial charge on any atom is 0.308 e. The Balaban J connectivity index is 1.64.